The van der Waals surface area contributed by atoms with Gasteiger partial charge in [-0.15, -0.1) is 11.3 Å². The fourth-order valence-corrected chi connectivity index (χ4v) is 4.47. The Bertz CT molecular complexity index is 619. The summed E-state index contributed by atoms with van der Waals surface area (Å²) in [6.45, 7) is 1.76. The molecule has 1 saturated heterocycles. The molecule has 0 spiro atoms. The second-order valence-corrected chi connectivity index (χ2v) is 6.71. The highest BCUT2D eigenvalue weighted by atomic mass is 32.1. The van der Waals surface area contributed by atoms with Crippen LogP contribution in [0.3, 0.4) is 0 Å². The summed E-state index contributed by atoms with van der Waals surface area (Å²) in [6.07, 6.45) is 9.35. The van der Waals surface area contributed by atoms with Crippen LogP contribution in [0.1, 0.15) is 36.1 Å². The molecule has 2 aliphatic rings. The van der Waals surface area contributed by atoms with Crippen LogP contribution in [0, 0.1) is 0 Å². The number of nitrogens with one attached hydrogen (secondary N) is 1. The number of fused-ring (bicyclic) bond motifs is 3. The number of anilines is 1. The Morgan fingerprint density at radius 1 is 1.25 bits per heavy atom. The minimum Gasteiger partial charge on any atom is -0.376 e. The molecule has 0 radical (unpaired) electrons. The van der Waals surface area contributed by atoms with E-state index in [4.69, 9.17) is 4.74 Å². The lowest BCUT2D eigenvalue weighted by Crippen LogP contribution is -2.19. The summed E-state index contributed by atoms with van der Waals surface area (Å²) in [5.74, 6) is 1.00. The van der Waals surface area contributed by atoms with Crippen LogP contribution in [0.25, 0.3) is 10.2 Å². The molecule has 4 rings (SSSR count). The van der Waals surface area contributed by atoms with Crippen LogP contribution >= 0.6 is 11.3 Å². The van der Waals surface area contributed by atoms with Crippen molar-refractivity contribution in [3.8, 4) is 0 Å². The molecule has 1 atom stereocenters. The monoisotopic (exact) mass is 289 g/mol. The van der Waals surface area contributed by atoms with Crippen LogP contribution in [0.4, 0.5) is 5.82 Å². The minimum absolute atomic E-state index is 0.342. The van der Waals surface area contributed by atoms with Gasteiger partial charge in [0.25, 0.3) is 0 Å². The summed E-state index contributed by atoms with van der Waals surface area (Å²) >= 11 is 1.85. The smallest absolute Gasteiger partial charge is 0.138 e. The number of hydrogen-bond donors (Lipinski definition) is 1. The highest BCUT2D eigenvalue weighted by Crippen LogP contribution is 2.38. The molecule has 2 aromatic rings. The number of aromatic nitrogens is 2. The van der Waals surface area contributed by atoms with E-state index in [1.54, 1.807) is 6.33 Å². The van der Waals surface area contributed by atoms with E-state index in [9.17, 15) is 0 Å². The molecule has 1 N–H and O–H groups in total. The summed E-state index contributed by atoms with van der Waals surface area (Å²) in [5.41, 5.74) is 1.49. The first-order valence-electron chi connectivity index (χ1n) is 7.52. The highest BCUT2D eigenvalue weighted by molar-refractivity contribution is 7.19. The maximum absolute atomic E-state index is 5.68. The fourth-order valence-electron chi connectivity index (χ4n) is 3.24. The zero-order chi connectivity index (χ0) is 13.4. The summed E-state index contributed by atoms with van der Waals surface area (Å²) in [5, 5.41) is 4.77. The van der Waals surface area contributed by atoms with E-state index in [0.29, 0.717) is 6.10 Å². The second kappa shape index (κ2) is 5.30. The second-order valence-electron chi connectivity index (χ2n) is 5.63. The fraction of sp³-hybridized carbons (Fsp3) is 0.600. The topological polar surface area (TPSA) is 47.0 Å². The lowest BCUT2D eigenvalue weighted by molar-refractivity contribution is 0.120. The Morgan fingerprint density at radius 2 is 2.20 bits per heavy atom. The number of thiophene rings is 1. The van der Waals surface area contributed by atoms with E-state index >= 15 is 0 Å². The Morgan fingerprint density at radius 3 is 3.10 bits per heavy atom. The van der Waals surface area contributed by atoms with Crippen LogP contribution in [-0.2, 0) is 17.6 Å². The molecule has 1 aliphatic carbocycles. The zero-order valence-electron chi connectivity index (χ0n) is 11.5. The third-order valence-electron chi connectivity index (χ3n) is 4.27. The predicted octanol–water partition coefficient (Wildman–Crippen LogP) is 3.16. The minimum atomic E-state index is 0.342. The highest BCUT2D eigenvalue weighted by Gasteiger charge is 2.21. The van der Waals surface area contributed by atoms with E-state index < -0.39 is 0 Å². The van der Waals surface area contributed by atoms with Gasteiger partial charge in [-0.2, -0.15) is 0 Å². The zero-order valence-corrected chi connectivity index (χ0v) is 12.3. The van der Waals surface area contributed by atoms with Gasteiger partial charge in [0.1, 0.15) is 17.0 Å². The van der Waals surface area contributed by atoms with E-state index in [2.05, 4.69) is 15.3 Å². The summed E-state index contributed by atoms with van der Waals surface area (Å²) < 4.78 is 5.68. The molecule has 0 bridgehead atoms. The van der Waals surface area contributed by atoms with E-state index in [0.717, 1.165) is 30.2 Å². The van der Waals surface area contributed by atoms with Gasteiger partial charge in [-0.3, -0.25) is 0 Å². The van der Waals surface area contributed by atoms with Crippen molar-refractivity contribution >= 4 is 27.4 Å². The summed E-state index contributed by atoms with van der Waals surface area (Å²) in [6, 6.07) is 0. The van der Waals surface area contributed by atoms with Crippen LogP contribution in [-0.4, -0.2) is 29.2 Å². The standard InChI is InChI=1S/C15H19N3OS/c1-2-6-12-11(5-1)13-14(17-9-18-15(13)20-12)16-8-10-4-3-7-19-10/h9-10H,1-8H2,(H,16,17,18)/t10-/m1/s1. The number of ether oxygens (including phenoxy) is 1. The molecule has 2 aromatic heterocycles. The summed E-state index contributed by atoms with van der Waals surface area (Å²) in [7, 11) is 0. The molecule has 0 saturated carbocycles. The van der Waals surface area contributed by atoms with Gasteiger partial charge in [0.15, 0.2) is 0 Å². The Kier molecular flexibility index (Phi) is 3.32. The molecular formula is C15H19N3OS. The predicted molar refractivity (Wildman–Crippen MR) is 81.5 cm³/mol. The summed E-state index contributed by atoms with van der Waals surface area (Å²) in [4.78, 5) is 11.6. The Balaban J connectivity index is 1.65. The average molecular weight is 289 g/mol. The van der Waals surface area contributed by atoms with Gasteiger partial charge < -0.3 is 10.1 Å². The molecule has 0 amide bonds. The molecule has 4 nitrogen and oxygen atoms in total. The lowest BCUT2D eigenvalue weighted by atomic mass is 9.97. The van der Waals surface area contributed by atoms with Gasteiger partial charge in [-0.25, -0.2) is 9.97 Å². The van der Waals surface area contributed by atoms with Crippen molar-refractivity contribution in [1.82, 2.24) is 9.97 Å². The first-order chi connectivity index (χ1) is 9.92. The number of nitrogens with zero attached hydrogens (tertiary/aromatic N) is 2. The molecule has 0 aromatic carbocycles. The first kappa shape index (κ1) is 12.5. The van der Waals surface area contributed by atoms with Crippen LogP contribution < -0.4 is 5.32 Å². The number of rotatable bonds is 3. The van der Waals surface area contributed by atoms with Crippen LogP contribution in [0.2, 0.25) is 0 Å². The quantitative estimate of drug-likeness (QED) is 0.943. The molecule has 1 aliphatic heterocycles. The van der Waals surface area contributed by atoms with Gasteiger partial charge in [-0.05, 0) is 44.1 Å². The normalized spacial score (nSPS) is 22.1. The third kappa shape index (κ3) is 2.19. The average Bonchev–Trinajstić information content (AvgIpc) is 3.12. The van der Waals surface area contributed by atoms with Gasteiger partial charge >= 0.3 is 0 Å². The molecule has 20 heavy (non-hydrogen) atoms. The lowest BCUT2D eigenvalue weighted by Gasteiger charge is -2.14. The van der Waals surface area contributed by atoms with E-state index in [-0.39, 0.29) is 0 Å². The van der Waals surface area contributed by atoms with Crippen molar-refractivity contribution in [2.24, 2.45) is 0 Å². The number of hydrogen-bond acceptors (Lipinski definition) is 5. The third-order valence-corrected chi connectivity index (χ3v) is 5.47. The SMILES string of the molecule is c1nc(NC[C@H]2CCCO2)c2c3c(sc2n1)CCCC3. The van der Waals surface area contributed by atoms with Gasteiger partial charge in [0, 0.05) is 18.0 Å². The molecule has 0 unspecified atom stereocenters. The maximum Gasteiger partial charge on any atom is 0.138 e. The van der Waals surface area contributed by atoms with Crippen molar-refractivity contribution in [3.63, 3.8) is 0 Å². The van der Waals surface area contributed by atoms with Crippen molar-refractivity contribution in [2.45, 2.75) is 44.6 Å². The maximum atomic E-state index is 5.68. The Labute approximate surface area is 122 Å². The van der Waals surface area contributed by atoms with Crippen molar-refractivity contribution in [2.75, 3.05) is 18.5 Å². The molecule has 3 heterocycles. The number of aryl methyl sites for hydroxylation is 2. The van der Waals surface area contributed by atoms with Crippen LogP contribution in [0.5, 0.6) is 0 Å². The van der Waals surface area contributed by atoms with E-state index in [1.807, 2.05) is 11.3 Å². The van der Waals surface area contributed by atoms with Crippen molar-refractivity contribution in [3.05, 3.63) is 16.8 Å². The van der Waals surface area contributed by atoms with Crippen LogP contribution in [0.15, 0.2) is 6.33 Å². The largest absolute Gasteiger partial charge is 0.376 e. The van der Waals surface area contributed by atoms with Gasteiger partial charge in [0.05, 0.1) is 11.5 Å². The Hall–Kier alpha value is -1.20. The molecule has 5 heteroatoms. The molecular weight excluding hydrogens is 270 g/mol. The molecule has 1 fully saturated rings. The van der Waals surface area contributed by atoms with Gasteiger partial charge in [0.2, 0.25) is 0 Å². The van der Waals surface area contributed by atoms with E-state index in [1.165, 1.54) is 47.9 Å². The first-order valence-corrected chi connectivity index (χ1v) is 8.34. The van der Waals surface area contributed by atoms with Crippen molar-refractivity contribution in [1.29, 1.82) is 0 Å². The van der Waals surface area contributed by atoms with Crippen molar-refractivity contribution < 1.29 is 4.74 Å². The molecule has 106 valence electrons. The van der Waals surface area contributed by atoms with Gasteiger partial charge in [-0.1, -0.05) is 0 Å².